The van der Waals surface area contributed by atoms with Crippen LogP contribution in [0.25, 0.3) is 0 Å². The minimum Gasteiger partial charge on any atom is -0.482 e. The van der Waals surface area contributed by atoms with Crippen molar-refractivity contribution in [3.63, 3.8) is 0 Å². The van der Waals surface area contributed by atoms with Crippen LogP contribution in [0.1, 0.15) is 10.4 Å². The zero-order valence-electron chi connectivity index (χ0n) is 11.8. The van der Waals surface area contributed by atoms with Gasteiger partial charge in [-0.25, -0.2) is 4.39 Å². The molecule has 0 heterocycles. The second kappa shape index (κ2) is 7.40. The van der Waals surface area contributed by atoms with Crippen molar-refractivity contribution in [1.82, 2.24) is 0 Å². The molecule has 2 aromatic carbocycles. The van der Waals surface area contributed by atoms with Gasteiger partial charge in [-0.3, -0.25) is 4.79 Å². The van der Waals surface area contributed by atoms with E-state index in [4.69, 9.17) is 11.6 Å². The maximum Gasteiger partial charge on any atom is 0.422 e. The topological polar surface area (TPSA) is 38.3 Å². The van der Waals surface area contributed by atoms with Crippen LogP contribution in [-0.2, 0) is 0 Å². The number of rotatable bonds is 4. The second-order valence-corrected chi connectivity index (χ2v) is 5.97. The van der Waals surface area contributed by atoms with Gasteiger partial charge in [-0.1, -0.05) is 27.5 Å². The van der Waals surface area contributed by atoms with Crippen molar-refractivity contribution < 1.29 is 27.1 Å². The van der Waals surface area contributed by atoms with Crippen molar-refractivity contribution in [2.75, 3.05) is 11.9 Å². The zero-order valence-corrected chi connectivity index (χ0v) is 14.1. The van der Waals surface area contributed by atoms with Crippen molar-refractivity contribution in [3.8, 4) is 5.75 Å². The van der Waals surface area contributed by atoms with E-state index in [2.05, 4.69) is 26.0 Å². The quantitative estimate of drug-likeness (QED) is 0.662. The molecule has 0 aliphatic rings. The monoisotopic (exact) mass is 425 g/mol. The van der Waals surface area contributed by atoms with Gasteiger partial charge in [-0.2, -0.15) is 13.2 Å². The van der Waals surface area contributed by atoms with Crippen molar-refractivity contribution in [2.45, 2.75) is 6.18 Å². The van der Waals surface area contributed by atoms with Crippen LogP contribution in [0.15, 0.2) is 40.9 Å². The summed E-state index contributed by atoms with van der Waals surface area (Å²) in [5, 5.41) is 2.46. The van der Waals surface area contributed by atoms with Gasteiger partial charge >= 0.3 is 6.18 Å². The molecule has 9 heteroatoms. The van der Waals surface area contributed by atoms with E-state index in [1.54, 1.807) is 0 Å². The number of benzene rings is 2. The van der Waals surface area contributed by atoms with Crippen LogP contribution in [0.2, 0.25) is 5.02 Å². The molecule has 1 amide bonds. The lowest BCUT2D eigenvalue weighted by molar-refractivity contribution is -0.153. The summed E-state index contributed by atoms with van der Waals surface area (Å²) in [7, 11) is 0. The summed E-state index contributed by atoms with van der Waals surface area (Å²) >= 11 is 8.89. The molecule has 3 nitrogen and oxygen atoms in total. The van der Waals surface area contributed by atoms with Gasteiger partial charge in [0.05, 0.1) is 11.3 Å². The van der Waals surface area contributed by atoms with Crippen LogP contribution in [-0.4, -0.2) is 18.7 Å². The number of nitrogens with one attached hydrogen (secondary N) is 1. The average Bonchev–Trinajstić information content (AvgIpc) is 2.48. The molecule has 0 saturated heterocycles. The van der Waals surface area contributed by atoms with Gasteiger partial charge in [0.15, 0.2) is 6.61 Å². The fraction of sp³-hybridized carbons (Fsp3) is 0.133. The lowest BCUT2D eigenvalue weighted by Gasteiger charge is -2.14. The van der Waals surface area contributed by atoms with E-state index in [0.717, 1.165) is 6.07 Å². The Balaban J connectivity index is 2.26. The van der Waals surface area contributed by atoms with Crippen molar-refractivity contribution in [3.05, 3.63) is 57.3 Å². The SMILES string of the molecule is O=C(Nc1cc(Cl)ccc1OCC(F)(F)F)c1cc(Br)ccc1F. The summed E-state index contributed by atoms with van der Waals surface area (Å²) in [6.07, 6.45) is -4.54. The molecule has 0 aliphatic heterocycles. The molecule has 0 spiro atoms. The first-order valence-corrected chi connectivity index (χ1v) is 7.58. The predicted octanol–water partition coefficient (Wildman–Crippen LogP) is 5.44. The summed E-state index contributed by atoms with van der Waals surface area (Å²) < 4.78 is 55.7. The Bertz CT molecular complexity index is 768. The fourth-order valence-electron chi connectivity index (χ4n) is 1.75. The third-order valence-electron chi connectivity index (χ3n) is 2.75. The van der Waals surface area contributed by atoms with E-state index < -0.39 is 24.5 Å². The van der Waals surface area contributed by atoms with Crippen LogP contribution in [0, 0.1) is 5.82 Å². The van der Waals surface area contributed by atoms with Gasteiger partial charge in [0, 0.05) is 9.50 Å². The summed E-state index contributed by atoms with van der Waals surface area (Å²) in [4.78, 5) is 12.2. The van der Waals surface area contributed by atoms with Crippen LogP contribution in [0.3, 0.4) is 0 Å². The molecule has 2 aromatic rings. The lowest BCUT2D eigenvalue weighted by Crippen LogP contribution is -2.20. The molecule has 24 heavy (non-hydrogen) atoms. The van der Waals surface area contributed by atoms with E-state index in [0.29, 0.717) is 4.47 Å². The Labute approximate surface area is 147 Å². The van der Waals surface area contributed by atoms with E-state index >= 15 is 0 Å². The van der Waals surface area contributed by atoms with Crippen LogP contribution >= 0.6 is 27.5 Å². The molecule has 2 rings (SSSR count). The predicted molar refractivity (Wildman–Crippen MR) is 85.1 cm³/mol. The molecule has 0 fully saturated rings. The third-order valence-corrected chi connectivity index (χ3v) is 3.48. The number of ether oxygens (including phenoxy) is 1. The van der Waals surface area contributed by atoms with Crippen LogP contribution in [0.5, 0.6) is 5.75 Å². The summed E-state index contributed by atoms with van der Waals surface area (Å²) in [5.74, 6) is -1.87. The van der Waals surface area contributed by atoms with Gasteiger partial charge in [-0.05, 0) is 36.4 Å². The van der Waals surface area contributed by atoms with Gasteiger partial charge in [-0.15, -0.1) is 0 Å². The van der Waals surface area contributed by atoms with Crippen molar-refractivity contribution in [1.29, 1.82) is 0 Å². The Morgan fingerprint density at radius 3 is 2.58 bits per heavy atom. The molecule has 0 radical (unpaired) electrons. The molecular formula is C15H9BrClF4NO2. The highest BCUT2D eigenvalue weighted by Gasteiger charge is 2.29. The molecular weight excluding hydrogens is 418 g/mol. The summed E-state index contributed by atoms with van der Waals surface area (Å²) in [6.45, 7) is -1.54. The smallest absolute Gasteiger partial charge is 0.422 e. The highest BCUT2D eigenvalue weighted by molar-refractivity contribution is 9.10. The Hall–Kier alpha value is -1.80. The number of halogens is 6. The van der Waals surface area contributed by atoms with E-state index in [1.165, 1.54) is 30.3 Å². The number of hydrogen-bond acceptors (Lipinski definition) is 2. The Kier molecular flexibility index (Phi) is 5.71. The molecule has 1 N–H and O–H groups in total. The van der Waals surface area contributed by atoms with Gasteiger partial charge in [0.2, 0.25) is 0 Å². The molecule has 0 saturated carbocycles. The van der Waals surface area contributed by atoms with E-state index in [1.807, 2.05) is 0 Å². The first kappa shape index (κ1) is 18.5. The van der Waals surface area contributed by atoms with Crippen LogP contribution < -0.4 is 10.1 Å². The number of alkyl halides is 3. The zero-order chi connectivity index (χ0) is 17.9. The first-order chi connectivity index (χ1) is 11.2. The largest absolute Gasteiger partial charge is 0.482 e. The maximum atomic E-state index is 13.7. The first-order valence-electron chi connectivity index (χ1n) is 6.41. The summed E-state index contributed by atoms with van der Waals surface area (Å²) in [5.41, 5.74) is -0.387. The van der Waals surface area contributed by atoms with Gasteiger partial charge < -0.3 is 10.1 Å². The van der Waals surface area contributed by atoms with Gasteiger partial charge in [0.25, 0.3) is 5.91 Å². The van der Waals surface area contributed by atoms with Crippen molar-refractivity contribution >= 4 is 39.1 Å². The summed E-state index contributed by atoms with van der Waals surface area (Å²) in [6, 6.07) is 7.43. The molecule has 128 valence electrons. The van der Waals surface area contributed by atoms with E-state index in [-0.39, 0.29) is 22.0 Å². The molecule has 0 aromatic heterocycles. The third kappa shape index (κ3) is 5.10. The second-order valence-electron chi connectivity index (χ2n) is 4.62. The van der Waals surface area contributed by atoms with E-state index in [9.17, 15) is 22.4 Å². The molecule has 0 atom stereocenters. The minimum absolute atomic E-state index is 0.101. The lowest BCUT2D eigenvalue weighted by atomic mass is 10.2. The highest BCUT2D eigenvalue weighted by atomic mass is 79.9. The average molecular weight is 427 g/mol. The highest BCUT2D eigenvalue weighted by Crippen LogP contribution is 2.30. The van der Waals surface area contributed by atoms with Crippen LogP contribution in [0.4, 0.5) is 23.2 Å². The van der Waals surface area contributed by atoms with Gasteiger partial charge in [0.1, 0.15) is 11.6 Å². The number of carbonyl (C=O) groups excluding carboxylic acids is 1. The standard InChI is InChI=1S/C15H9BrClF4NO2/c16-8-1-3-11(18)10(5-8)14(23)22-12-6-9(17)2-4-13(12)24-7-15(19,20)21/h1-6H,7H2,(H,22,23). The minimum atomic E-state index is -4.54. The Morgan fingerprint density at radius 1 is 1.21 bits per heavy atom. The molecule has 0 aliphatic carbocycles. The number of amides is 1. The number of anilines is 1. The fourth-order valence-corrected chi connectivity index (χ4v) is 2.28. The molecule has 0 bridgehead atoms. The number of carbonyl (C=O) groups is 1. The van der Waals surface area contributed by atoms with Crippen molar-refractivity contribution in [2.24, 2.45) is 0 Å². The molecule has 0 unspecified atom stereocenters. The maximum absolute atomic E-state index is 13.7. The normalized spacial score (nSPS) is 11.2. The Morgan fingerprint density at radius 2 is 1.92 bits per heavy atom. The number of hydrogen-bond donors (Lipinski definition) is 1.